The number of carbonyl (C=O) groups excluding carboxylic acids is 1. The molecule has 0 aliphatic carbocycles. The van der Waals surface area contributed by atoms with Crippen LogP contribution >= 0.6 is 0 Å². The summed E-state index contributed by atoms with van der Waals surface area (Å²) in [6.07, 6.45) is 3.93. The van der Waals surface area contributed by atoms with Crippen LogP contribution in [0.3, 0.4) is 0 Å². The summed E-state index contributed by atoms with van der Waals surface area (Å²) in [6, 6.07) is 15.5. The van der Waals surface area contributed by atoms with Crippen LogP contribution in [0.2, 0.25) is 0 Å². The van der Waals surface area contributed by atoms with Gasteiger partial charge in [-0.25, -0.2) is 4.98 Å². The molecule has 6 nitrogen and oxygen atoms in total. The van der Waals surface area contributed by atoms with Crippen molar-refractivity contribution in [2.45, 2.75) is 6.42 Å². The number of imidazole rings is 1. The van der Waals surface area contributed by atoms with Crippen molar-refractivity contribution in [1.29, 1.82) is 0 Å². The first-order chi connectivity index (χ1) is 12.8. The largest absolute Gasteiger partial charge is 0.486 e. The Morgan fingerprint density at radius 1 is 1.08 bits per heavy atom. The summed E-state index contributed by atoms with van der Waals surface area (Å²) in [6.45, 7) is 1.67. The predicted molar refractivity (Wildman–Crippen MR) is 97.0 cm³/mol. The van der Waals surface area contributed by atoms with E-state index < -0.39 is 0 Å². The average molecular weight is 349 g/mol. The number of carbonyl (C=O) groups is 1. The Bertz CT molecular complexity index is 906. The molecule has 1 amide bonds. The number of fused-ring (bicyclic) bond motifs is 1. The van der Waals surface area contributed by atoms with E-state index in [1.807, 2.05) is 48.5 Å². The minimum Gasteiger partial charge on any atom is -0.486 e. The molecule has 1 aliphatic rings. The van der Waals surface area contributed by atoms with Crippen molar-refractivity contribution in [1.82, 2.24) is 14.9 Å². The topological polar surface area (TPSA) is 65.4 Å². The van der Waals surface area contributed by atoms with Gasteiger partial charge in [-0.05, 0) is 36.2 Å². The lowest BCUT2D eigenvalue weighted by molar-refractivity contribution is 0.0947. The summed E-state index contributed by atoms with van der Waals surface area (Å²) in [5, 5.41) is 2.95. The van der Waals surface area contributed by atoms with Crippen LogP contribution in [0.5, 0.6) is 11.5 Å². The lowest BCUT2D eigenvalue weighted by atomic mass is 10.1. The molecule has 3 aromatic rings. The van der Waals surface area contributed by atoms with Crippen molar-refractivity contribution in [2.75, 3.05) is 19.8 Å². The van der Waals surface area contributed by atoms with E-state index in [1.54, 1.807) is 17.1 Å². The number of rotatable bonds is 5. The standard InChI is InChI=1S/C20H19N3O3/c24-20(17-13-21-14-23(17)16-4-2-1-3-5-16)22-9-8-15-6-7-18-19(12-15)26-11-10-25-18/h1-7,12-14H,8-11H2,(H,22,24). The van der Waals surface area contributed by atoms with E-state index in [1.165, 1.54) is 0 Å². The Morgan fingerprint density at radius 3 is 2.73 bits per heavy atom. The molecule has 0 radical (unpaired) electrons. The number of amides is 1. The monoisotopic (exact) mass is 349 g/mol. The first kappa shape index (κ1) is 16.2. The number of hydrogen-bond acceptors (Lipinski definition) is 4. The van der Waals surface area contributed by atoms with Crippen LogP contribution in [-0.4, -0.2) is 35.2 Å². The van der Waals surface area contributed by atoms with Crippen LogP contribution in [0.25, 0.3) is 5.69 Å². The Morgan fingerprint density at radius 2 is 1.88 bits per heavy atom. The first-order valence-corrected chi connectivity index (χ1v) is 8.56. The minimum absolute atomic E-state index is 0.149. The van der Waals surface area contributed by atoms with Crippen molar-refractivity contribution in [3.63, 3.8) is 0 Å². The number of nitrogens with zero attached hydrogens (tertiary/aromatic N) is 2. The third-order valence-corrected chi connectivity index (χ3v) is 4.21. The zero-order valence-corrected chi connectivity index (χ0v) is 14.2. The van der Waals surface area contributed by atoms with E-state index >= 15 is 0 Å². The van der Waals surface area contributed by atoms with Crippen molar-refractivity contribution < 1.29 is 14.3 Å². The average Bonchev–Trinajstić information content (AvgIpc) is 3.18. The molecule has 2 aromatic carbocycles. The molecule has 0 bridgehead atoms. The van der Waals surface area contributed by atoms with Crippen molar-refractivity contribution in [3.8, 4) is 17.2 Å². The summed E-state index contributed by atoms with van der Waals surface area (Å²) in [5.74, 6) is 1.39. The molecule has 4 rings (SSSR count). The maximum Gasteiger partial charge on any atom is 0.269 e. The van der Waals surface area contributed by atoms with E-state index in [4.69, 9.17) is 9.47 Å². The lowest BCUT2D eigenvalue weighted by Gasteiger charge is -2.18. The third kappa shape index (κ3) is 3.39. The fourth-order valence-electron chi connectivity index (χ4n) is 2.91. The van der Waals surface area contributed by atoms with Gasteiger partial charge in [0.1, 0.15) is 18.9 Å². The van der Waals surface area contributed by atoms with E-state index in [-0.39, 0.29) is 5.91 Å². The van der Waals surface area contributed by atoms with Gasteiger partial charge in [-0.1, -0.05) is 24.3 Å². The molecule has 6 heteroatoms. The molecule has 0 unspecified atom stereocenters. The van der Waals surface area contributed by atoms with Crippen molar-refractivity contribution >= 4 is 5.91 Å². The van der Waals surface area contributed by atoms with Gasteiger partial charge < -0.3 is 14.8 Å². The van der Waals surface area contributed by atoms with Gasteiger partial charge >= 0.3 is 0 Å². The molecule has 1 N–H and O–H groups in total. The molecule has 1 aromatic heterocycles. The number of nitrogens with one attached hydrogen (secondary N) is 1. The van der Waals surface area contributed by atoms with E-state index in [0.29, 0.717) is 31.9 Å². The van der Waals surface area contributed by atoms with Gasteiger partial charge in [0.05, 0.1) is 12.5 Å². The smallest absolute Gasteiger partial charge is 0.269 e. The van der Waals surface area contributed by atoms with Crippen LogP contribution in [0.15, 0.2) is 61.1 Å². The zero-order valence-electron chi connectivity index (χ0n) is 14.2. The molecule has 1 aliphatic heterocycles. The number of benzene rings is 2. The number of para-hydroxylation sites is 1. The van der Waals surface area contributed by atoms with Crippen LogP contribution in [0.4, 0.5) is 0 Å². The second kappa shape index (κ2) is 7.31. The van der Waals surface area contributed by atoms with Crippen LogP contribution in [0, 0.1) is 0 Å². The van der Waals surface area contributed by atoms with E-state index in [0.717, 1.165) is 22.7 Å². The summed E-state index contributed by atoms with van der Waals surface area (Å²) >= 11 is 0. The SMILES string of the molecule is O=C(NCCc1ccc2c(c1)OCCO2)c1cncn1-c1ccccc1. The summed E-state index contributed by atoms with van der Waals surface area (Å²) in [4.78, 5) is 16.6. The highest BCUT2D eigenvalue weighted by atomic mass is 16.6. The van der Waals surface area contributed by atoms with E-state index in [2.05, 4.69) is 10.3 Å². The normalized spacial score (nSPS) is 12.6. The minimum atomic E-state index is -0.149. The Balaban J connectivity index is 1.39. The number of aromatic nitrogens is 2. The van der Waals surface area contributed by atoms with Gasteiger partial charge in [0.25, 0.3) is 5.91 Å². The van der Waals surface area contributed by atoms with Gasteiger partial charge in [-0.2, -0.15) is 0 Å². The Kier molecular flexibility index (Phi) is 4.55. The van der Waals surface area contributed by atoms with E-state index in [9.17, 15) is 4.79 Å². The van der Waals surface area contributed by atoms with Gasteiger partial charge in [-0.15, -0.1) is 0 Å². The highest BCUT2D eigenvalue weighted by Gasteiger charge is 2.14. The van der Waals surface area contributed by atoms with Crippen LogP contribution in [0.1, 0.15) is 16.1 Å². The maximum absolute atomic E-state index is 12.5. The Labute approximate surface area is 151 Å². The molecule has 0 fully saturated rings. The molecule has 132 valence electrons. The fourth-order valence-corrected chi connectivity index (χ4v) is 2.91. The van der Waals surface area contributed by atoms with Crippen LogP contribution < -0.4 is 14.8 Å². The molecule has 26 heavy (non-hydrogen) atoms. The molecule has 0 atom stereocenters. The van der Waals surface area contributed by atoms with Crippen molar-refractivity contribution in [2.24, 2.45) is 0 Å². The number of ether oxygens (including phenoxy) is 2. The fraction of sp³-hybridized carbons (Fsp3) is 0.200. The second-order valence-electron chi connectivity index (χ2n) is 5.97. The molecular formula is C20H19N3O3. The van der Waals surface area contributed by atoms with Gasteiger partial charge in [0, 0.05) is 12.2 Å². The third-order valence-electron chi connectivity index (χ3n) is 4.21. The quantitative estimate of drug-likeness (QED) is 0.769. The summed E-state index contributed by atoms with van der Waals surface area (Å²) in [7, 11) is 0. The van der Waals surface area contributed by atoms with Gasteiger partial charge in [0.15, 0.2) is 11.5 Å². The van der Waals surface area contributed by atoms with Crippen molar-refractivity contribution in [3.05, 3.63) is 72.3 Å². The molecule has 0 spiro atoms. The molecular weight excluding hydrogens is 330 g/mol. The first-order valence-electron chi connectivity index (χ1n) is 8.56. The summed E-state index contributed by atoms with van der Waals surface area (Å²) in [5.41, 5.74) is 2.51. The van der Waals surface area contributed by atoms with Crippen LogP contribution in [-0.2, 0) is 6.42 Å². The highest BCUT2D eigenvalue weighted by molar-refractivity contribution is 5.93. The highest BCUT2D eigenvalue weighted by Crippen LogP contribution is 2.30. The molecule has 0 saturated heterocycles. The lowest BCUT2D eigenvalue weighted by Crippen LogP contribution is -2.27. The zero-order chi connectivity index (χ0) is 17.8. The predicted octanol–water partition coefficient (Wildman–Crippen LogP) is 2.62. The second-order valence-corrected chi connectivity index (χ2v) is 5.97. The molecule has 0 saturated carbocycles. The Hall–Kier alpha value is -3.28. The summed E-state index contributed by atoms with van der Waals surface area (Å²) < 4.78 is 12.9. The maximum atomic E-state index is 12.5. The molecule has 2 heterocycles. The van der Waals surface area contributed by atoms with Gasteiger partial charge in [0.2, 0.25) is 0 Å². The van der Waals surface area contributed by atoms with Gasteiger partial charge in [-0.3, -0.25) is 9.36 Å². The number of hydrogen-bond donors (Lipinski definition) is 1.